The van der Waals surface area contributed by atoms with Crippen LogP contribution in [-0.2, 0) is 68.9 Å². The van der Waals surface area contributed by atoms with Crippen LogP contribution in [0.4, 0.5) is 4.79 Å². The molecule has 6 aromatic rings. The van der Waals surface area contributed by atoms with Crippen LogP contribution in [0.2, 0.25) is 5.02 Å². The zero-order valence-corrected chi connectivity index (χ0v) is 35.7. The first kappa shape index (κ1) is 39.7. The van der Waals surface area contributed by atoms with Crippen LogP contribution in [-0.4, -0.2) is 63.3 Å². The van der Waals surface area contributed by atoms with Gasteiger partial charge in [0.05, 0.1) is 42.1 Å². The maximum absolute atomic E-state index is 14.1. The fraction of sp³-hybridized carbons (Fsp3) is 0.395. The molecule has 13 heteroatoms. The van der Waals surface area contributed by atoms with E-state index in [4.69, 9.17) is 31.3 Å². The standard InChI is InChI=1S/C43H48ClIN6O5/c1-43(2,3)56-42(54)50(24-28-23-29(49(5)46-28)16-15-26-21-27-11-7-8-12-30(27)36(52)22-26)25-34-38(35-14-10-20-51(35)47-34)37-33(44)18-17-32-31(13-9-19-45)40(41(53)55-6)48(4)39(32)37/h7-8,11-12,17-18,21-23,52H,9-10,13-16,19-20,24-25H2,1-6H3. The van der Waals surface area contributed by atoms with Gasteiger partial charge in [0.15, 0.2) is 0 Å². The fourth-order valence-electron chi connectivity index (χ4n) is 8.02. The zero-order chi connectivity index (χ0) is 39.9. The molecule has 1 amide bonds. The molecular weight excluding hydrogens is 843 g/mol. The molecule has 0 saturated heterocycles. The molecule has 0 aliphatic carbocycles. The topological polar surface area (TPSA) is 117 Å². The van der Waals surface area contributed by atoms with Crippen LogP contribution in [0.1, 0.15) is 78.0 Å². The molecule has 56 heavy (non-hydrogen) atoms. The van der Waals surface area contributed by atoms with Crippen LogP contribution < -0.4 is 0 Å². The third-order valence-corrected chi connectivity index (χ3v) is 11.5. The van der Waals surface area contributed by atoms with E-state index in [2.05, 4.69) is 28.7 Å². The number of phenols is 1. The summed E-state index contributed by atoms with van der Waals surface area (Å²) in [5.74, 6) is -0.123. The van der Waals surface area contributed by atoms with Crippen molar-refractivity contribution in [3.63, 3.8) is 0 Å². The molecule has 0 radical (unpaired) electrons. The van der Waals surface area contributed by atoms with Crippen LogP contribution in [0.25, 0.3) is 32.8 Å². The molecule has 3 aromatic heterocycles. The van der Waals surface area contributed by atoms with E-state index in [1.165, 1.54) is 7.11 Å². The maximum atomic E-state index is 14.1. The molecule has 3 aromatic carbocycles. The molecule has 1 N–H and O–H groups in total. The van der Waals surface area contributed by atoms with E-state index in [1.807, 2.05) is 97.3 Å². The van der Waals surface area contributed by atoms with Crippen molar-refractivity contribution in [3.8, 4) is 16.9 Å². The van der Waals surface area contributed by atoms with Gasteiger partial charge in [-0.15, -0.1) is 0 Å². The van der Waals surface area contributed by atoms with Gasteiger partial charge >= 0.3 is 12.1 Å². The molecule has 0 bridgehead atoms. The monoisotopic (exact) mass is 890 g/mol. The van der Waals surface area contributed by atoms with E-state index >= 15 is 0 Å². The van der Waals surface area contributed by atoms with Gasteiger partial charge in [0, 0.05) is 53.9 Å². The van der Waals surface area contributed by atoms with Crippen molar-refractivity contribution in [3.05, 3.63) is 99.2 Å². The number of methoxy groups -OCH3 is 1. The number of aromatic nitrogens is 5. The van der Waals surface area contributed by atoms with Gasteiger partial charge in [-0.2, -0.15) is 10.2 Å². The van der Waals surface area contributed by atoms with Gasteiger partial charge in [-0.05, 0) is 98.4 Å². The Kier molecular flexibility index (Phi) is 11.4. The molecule has 1 aliphatic heterocycles. The molecule has 11 nitrogen and oxygen atoms in total. The molecule has 0 saturated carbocycles. The van der Waals surface area contributed by atoms with Crippen molar-refractivity contribution in [1.82, 2.24) is 29.0 Å². The molecule has 0 fully saturated rings. The van der Waals surface area contributed by atoms with Crippen molar-refractivity contribution in [2.24, 2.45) is 14.1 Å². The number of phenolic OH excluding ortho intramolecular Hbond substituents is 1. The van der Waals surface area contributed by atoms with Gasteiger partial charge in [0.1, 0.15) is 17.0 Å². The Bertz CT molecular complexity index is 2460. The highest BCUT2D eigenvalue weighted by atomic mass is 127. The molecule has 0 unspecified atom stereocenters. The summed E-state index contributed by atoms with van der Waals surface area (Å²) < 4.78 is 18.0. The van der Waals surface area contributed by atoms with Crippen LogP contribution in [0, 0.1) is 0 Å². The second-order valence-corrected chi connectivity index (χ2v) is 17.0. The number of hydrogen-bond donors (Lipinski definition) is 1. The average molecular weight is 891 g/mol. The summed E-state index contributed by atoms with van der Waals surface area (Å²) in [4.78, 5) is 29.0. The van der Waals surface area contributed by atoms with Crippen molar-refractivity contribution in [1.29, 1.82) is 0 Å². The minimum Gasteiger partial charge on any atom is -0.507 e. The highest BCUT2D eigenvalue weighted by Crippen LogP contribution is 2.44. The third kappa shape index (κ3) is 7.87. The number of nitrogens with zero attached hydrogens (tertiary/aromatic N) is 6. The summed E-state index contributed by atoms with van der Waals surface area (Å²) in [6, 6.07) is 17.7. The van der Waals surface area contributed by atoms with Crippen molar-refractivity contribution < 1.29 is 24.2 Å². The number of benzene rings is 3. The highest BCUT2D eigenvalue weighted by molar-refractivity contribution is 14.1. The van der Waals surface area contributed by atoms with Crippen LogP contribution in [0.3, 0.4) is 0 Å². The number of ether oxygens (including phenoxy) is 2. The number of carbonyl (C=O) groups is 2. The largest absolute Gasteiger partial charge is 0.507 e. The van der Waals surface area contributed by atoms with E-state index in [1.54, 1.807) is 4.90 Å². The van der Waals surface area contributed by atoms with Crippen molar-refractivity contribution >= 4 is 67.9 Å². The summed E-state index contributed by atoms with van der Waals surface area (Å²) in [5.41, 5.74) is 7.72. The Morgan fingerprint density at radius 2 is 1.77 bits per heavy atom. The number of aromatic hydroxyl groups is 1. The molecule has 7 rings (SSSR count). The summed E-state index contributed by atoms with van der Waals surface area (Å²) in [6.07, 6.45) is 4.29. The Balaban J connectivity index is 1.25. The first-order valence-electron chi connectivity index (χ1n) is 19.0. The molecular formula is C43H48ClIN6O5. The molecule has 0 spiro atoms. The predicted octanol–water partition coefficient (Wildman–Crippen LogP) is 9.11. The number of amides is 1. The number of fused-ring (bicyclic) bond motifs is 3. The van der Waals surface area contributed by atoms with E-state index in [0.29, 0.717) is 41.4 Å². The first-order valence-corrected chi connectivity index (χ1v) is 20.9. The number of halogens is 2. The van der Waals surface area contributed by atoms with Crippen molar-refractivity contribution in [2.75, 3.05) is 11.5 Å². The minimum atomic E-state index is -0.731. The Hall–Kier alpha value is -4.56. The maximum Gasteiger partial charge on any atom is 0.410 e. The smallest absolute Gasteiger partial charge is 0.410 e. The number of alkyl halides is 1. The van der Waals surface area contributed by atoms with Gasteiger partial charge in [-0.1, -0.05) is 70.6 Å². The summed E-state index contributed by atoms with van der Waals surface area (Å²) in [6.45, 7) is 6.66. The van der Waals surface area contributed by atoms with Crippen LogP contribution >= 0.6 is 34.2 Å². The normalized spacial score (nSPS) is 12.8. The average Bonchev–Trinajstić information content (AvgIpc) is 3.90. The summed E-state index contributed by atoms with van der Waals surface area (Å²) >= 11 is 9.53. The van der Waals surface area contributed by atoms with Gasteiger partial charge in [-0.25, -0.2) is 9.59 Å². The Morgan fingerprint density at radius 1 is 0.982 bits per heavy atom. The second kappa shape index (κ2) is 16.1. The zero-order valence-electron chi connectivity index (χ0n) is 32.8. The minimum absolute atomic E-state index is 0.148. The van der Waals surface area contributed by atoms with E-state index < -0.39 is 17.7 Å². The third-order valence-electron chi connectivity index (χ3n) is 10.5. The lowest BCUT2D eigenvalue weighted by molar-refractivity contribution is 0.0211. The summed E-state index contributed by atoms with van der Waals surface area (Å²) in [5, 5.41) is 23.9. The molecule has 294 valence electrons. The number of esters is 1. The Labute approximate surface area is 345 Å². The number of aryl methyl sites for hydroxylation is 6. The molecule has 0 atom stereocenters. The lowest BCUT2D eigenvalue weighted by Crippen LogP contribution is -2.36. The van der Waals surface area contributed by atoms with Gasteiger partial charge in [0.2, 0.25) is 0 Å². The summed E-state index contributed by atoms with van der Waals surface area (Å²) in [7, 11) is 5.21. The Morgan fingerprint density at radius 3 is 2.52 bits per heavy atom. The van der Waals surface area contributed by atoms with E-state index in [9.17, 15) is 14.7 Å². The van der Waals surface area contributed by atoms with E-state index in [-0.39, 0.29) is 18.8 Å². The van der Waals surface area contributed by atoms with Gasteiger partial charge < -0.3 is 19.1 Å². The fourth-order valence-corrected chi connectivity index (χ4v) is 8.64. The lowest BCUT2D eigenvalue weighted by Gasteiger charge is -2.27. The van der Waals surface area contributed by atoms with Gasteiger partial charge in [0.25, 0.3) is 0 Å². The lowest BCUT2D eigenvalue weighted by atomic mass is 9.97. The van der Waals surface area contributed by atoms with Crippen LogP contribution in [0.15, 0.2) is 54.6 Å². The number of hydrogen-bond acceptors (Lipinski definition) is 7. The number of carbonyl (C=O) groups excluding carboxylic acids is 2. The molecule has 1 aliphatic rings. The SMILES string of the molecule is COC(=O)c1c(CCCI)c2ccc(Cl)c(-c3c(CN(Cc4cc(CCc5cc(O)c6ccccc6c5)n(C)n4)C(=O)OC(C)(C)C)nn4c3CCC4)c2n1C. The van der Waals surface area contributed by atoms with Gasteiger partial charge in [-0.3, -0.25) is 14.3 Å². The number of rotatable bonds is 12. The van der Waals surface area contributed by atoms with E-state index in [0.717, 1.165) is 85.6 Å². The van der Waals surface area contributed by atoms with Crippen LogP contribution in [0.5, 0.6) is 5.75 Å². The second-order valence-electron chi connectivity index (χ2n) is 15.5. The quantitative estimate of drug-likeness (QED) is 0.0741. The predicted molar refractivity (Wildman–Crippen MR) is 228 cm³/mol. The first-order chi connectivity index (χ1) is 26.8. The molecule has 4 heterocycles. The van der Waals surface area contributed by atoms with Crippen molar-refractivity contribution in [2.45, 2.75) is 84.5 Å². The highest BCUT2D eigenvalue weighted by Gasteiger charge is 2.32.